The highest BCUT2D eigenvalue weighted by Gasteiger charge is 2.49. The number of hydrogen-bond donors (Lipinski definition) is 2. The number of nitrogens with one attached hydrogen (secondary N) is 2. The predicted octanol–water partition coefficient (Wildman–Crippen LogP) is 4.00. The number of nitrogens with zero attached hydrogens (tertiary/aromatic N) is 4. The molecule has 10 heteroatoms. The first-order chi connectivity index (χ1) is 19.9. The summed E-state index contributed by atoms with van der Waals surface area (Å²) < 4.78 is 7.67. The van der Waals surface area contributed by atoms with E-state index in [-0.39, 0.29) is 23.8 Å². The van der Waals surface area contributed by atoms with E-state index in [0.717, 1.165) is 34.1 Å². The number of anilines is 1. The lowest BCUT2D eigenvalue weighted by atomic mass is 9.77. The van der Waals surface area contributed by atoms with Gasteiger partial charge in [0.05, 0.1) is 18.7 Å². The monoisotopic (exact) mass is 552 g/mol. The topological polar surface area (TPSA) is 113 Å². The van der Waals surface area contributed by atoms with Crippen molar-refractivity contribution in [2.24, 2.45) is 5.41 Å². The van der Waals surface area contributed by atoms with Crippen molar-refractivity contribution in [2.45, 2.75) is 32.2 Å². The molecule has 1 spiro atoms. The lowest BCUT2D eigenvalue weighted by Crippen LogP contribution is -2.46. The number of aromatic nitrogens is 3. The van der Waals surface area contributed by atoms with Crippen LogP contribution in [0.3, 0.4) is 0 Å². The number of hydrogen-bond acceptors (Lipinski definition) is 5. The molecular formula is C31H32N6O4. The fourth-order valence-corrected chi connectivity index (χ4v) is 6.76. The zero-order valence-electron chi connectivity index (χ0n) is 23.1. The van der Waals surface area contributed by atoms with Crippen LogP contribution in [0.1, 0.15) is 53.1 Å². The first kappa shape index (κ1) is 25.4. The lowest BCUT2D eigenvalue weighted by molar-refractivity contribution is -0.127. The summed E-state index contributed by atoms with van der Waals surface area (Å²) in [5.41, 5.74) is 4.33. The highest BCUT2D eigenvalue weighted by atomic mass is 16.5. The number of carbonyl (C=O) groups is 3. The van der Waals surface area contributed by atoms with Gasteiger partial charge in [0.1, 0.15) is 11.4 Å². The van der Waals surface area contributed by atoms with E-state index < -0.39 is 5.41 Å². The molecule has 1 atom stereocenters. The molecule has 41 heavy (non-hydrogen) atoms. The number of carbonyl (C=O) groups excluding carboxylic acids is 3. The molecule has 0 bridgehead atoms. The Kier molecular flexibility index (Phi) is 5.88. The summed E-state index contributed by atoms with van der Waals surface area (Å²) in [7, 11) is 1.63. The first-order valence-corrected chi connectivity index (χ1v) is 14.1. The van der Waals surface area contributed by atoms with Crippen LogP contribution in [0.4, 0.5) is 5.69 Å². The third-order valence-electron chi connectivity index (χ3n) is 9.15. The number of H-pyrrole nitrogens is 1. The molecule has 2 aromatic heterocycles. The summed E-state index contributed by atoms with van der Waals surface area (Å²) in [5, 5.41) is 10.7. The highest BCUT2D eigenvalue weighted by Crippen LogP contribution is 2.44. The van der Waals surface area contributed by atoms with Gasteiger partial charge in [-0.3, -0.25) is 19.5 Å². The van der Waals surface area contributed by atoms with Crippen LogP contribution in [-0.2, 0) is 4.79 Å². The van der Waals surface area contributed by atoms with Crippen LogP contribution in [0.5, 0.6) is 5.75 Å². The minimum absolute atomic E-state index is 0.0351. The number of aromatic amines is 1. The maximum atomic E-state index is 13.8. The number of amides is 3. The van der Waals surface area contributed by atoms with E-state index in [4.69, 9.17) is 4.74 Å². The van der Waals surface area contributed by atoms with E-state index >= 15 is 0 Å². The van der Waals surface area contributed by atoms with E-state index in [9.17, 15) is 14.4 Å². The molecule has 210 valence electrons. The molecule has 2 aromatic carbocycles. The van der Waals surface area contributed by atoms with Crippen molar-refractivity contribution in [3.8, 4) is 16.9 Å². The summed E-state index contributed by atoms with van der Waals surface area (Å²) in [6, 6.07) is 13.5. The van der Waals surface area contributed by atoms with E-state index in [1.54, 1.807) is 13.3 Å². The zero-order chi connectivity index (χ0) is 28.3. The molecule has 4 aromatic rings. The van der Waals surface area contributed by atoms with Crippen molar-refractivity contribution >= 4 is 34.3 Å². The predicted molar refractivity (Wildman–Crippen MR) is 154 cm³/mol. The van der Waals surface area contributed by atoms with Crippen LogP contribution in [-0.4, -0.2) is 70.7 Å². The van der Waals surface area contributed by atoms with E-state index in [2.05, 4.69) is 22.4 Å². The van der Waals surface area contributed by atoms with Gasteiger partial charge in [-0.25, -0.2) is 0 Å². The van der Waals surface area contributed by atoms with Crippen molar-refractivity contribution in [1.29, 1.82) is 0 Å². The number of piperidine rings is 1. The second-order valence-corrected chi connectivity index (χ2v) is 11.4. The fourth-order valence-electron chi connectivity index (χ4n) is 6.76. The number of ether oxygens (including phenoxy) is 1. The molecule has 0 radical (unpaired) electrons. The molecule has 0 saturated carbocycles. The van der Waals surface area contributed by atoms with Gasteiger partial charge in [0, 0.05) is 77.8 Å². The van der Waals surface area contributed by atoms with Crippen LogP contribution in [0.15, 0.2) is 54.9 Å². The number of fused-ring (bicyclic) bond motifs is 3. The van der Waals surface area contributed by atoms with Crippen molar-refractivity contribution in [3.05, 3.63) is 66.1 Å². The molecule has 5 heterocycles. The summed E-state index contributed by atoms with van der Waals surface area (Å²) >= 11 is 0. The number of benzene rings is 2. The fraction of sp³-hybridized carbons (Fsp3) is 0.355. The van der Waals surface area contributed by atoms with Gasteiger partial charge >= 0.3 is 0 Å². The third kappa shape index (κ3) is 4.00. The smallest absolute Gasteiger partial charge is 0.268 e. The summed E-state index contributed by atoms with van der Waals surface area (Å²) in [6.45, 7) is 4.33. The molecule has 1 unspecified atom stereocenters. The summed E-state index contributed by atoms with van der Waals surface area (Å²) in [5.74, 6) is 0.689. The molecule has 2 fully saturated rings. The van der Waals surface area contributed by atoms with E-state index in [1.807, 2.05) is 63.0 Å². The van der Waals surface area contributed by atoms with Crippen LogP contribution in [0.25, 0.3) is 22.0 Å². The maximum Gasteiger partial charge on any atom is 0.268 e. The number of rotatable bonds is 4. The van der Waals surface area contributed by atoms with Crippen molar-refractivity contribution in [2.75, 3.05) is 38.2 Å². The third-order valence-corrected chi connectivity index (χ3v) is 9.15. The molecule has 3 aliphatic rings. The van der Waals surface area contributed by atoms with Crippen LogP contribution < -0.4 is 15.0 Å². The van der Waals surface area contributed by atoms with Crippen LogP contribution in [0.2, 0.25) is 0 Å². The molecule has 10 nitrogen and oxygen atoms in total. The Bertz CT molecular complexity index is 1680. The van der Waals surface area contributed by atoms with Crippen LogP contribution in [0, 0.1) is 5.41 Å². The average Bonchev–Trinajstić information content (AvgIpc) is 3.74. The van der Waals surface area contributed by atoms with E-state index in [0.29, 0.717) is 56.0 Å². The Labute approximate surface area is 237 Å². The second kappa shape index (κ2) is 9.50. The second-order valence-electron chi connectivity index (χ2n) is 11.4. The van der Waals surface area contributed by atoms with Crippen molar-refractivity contribution in [1.82, 2.24) is 25.0 Å². The van der Waals surface area contributed by atoms with Gasteiger partial charge in [0.15, 0.2) is 0 Å². The lowest BCUT2D eigenvalue weighted by Gasteiger charge is -2.38. The highest BCUT2D eigenvalue weighted by molar-refractivity contribution is 6.03. The first-order valence-electron chi connectivity index (χ1n) is 14.1. The quantitative estimate of drug-likeness (QED) is 0.397. The summed E-state index contributed by atoms with van der Waals surface area (Å²) in [6.07, 6.45) is 5.59. The minimum Gasteiger partial charge on any atom is -0.496 e. The molecular weight excluding hydrogens is 520 g/mol. The minimum atomic E-state index is -0.458. The Hall–Kier alpha value is -4.60. The molecule has 0 aliphatic carbocycles. The molecule has 7 rings (SSSR count). The zero-order valence-corrected chi connectivity index (χ0v) is 23.1. The van der Waals surface area contributed by atoms with Gasteiger partial charge in [-0.15, -0.1) is 0 Å². The Morgan fingerprint density at radius 2 is 1.85 bits per heavy atom. The average molecular weight is 553 g/mol. The van der Waals surface area contributed by atoms with Crippen molar-refractivity contribution in [3.63, 3.8) is 0 Å². The molecule has 3 amide bonds. The van der Waals surface area contributed by atoms with Gasteiger partial charge in [-0.1, -0.05) is 6.07 Å². The Morgan fingerprint density at radius 3 is 2.61 bits per heavy atom. The molecule has 2 N–H and O–H groups in total. The van der Waals surface area contributed by atoms with Gasteiger partial charge in [-0.2, -0.15) is 5.10 Å². The van der Waals surface area contributed by atoms with Gasteiger partial charge in [0.2, 0.25) is 5.91 Å². The largest absolute Gasteiger partial charge is 0.496 e. The standard InChI is InChI=1S/C31H32N6O4/c1-19-16-32-28(38)26-13-20-3-4-21(14-25(20)37(19)26)29(39)35-10-7-31(8-11-35)9-12-36(30(31)40)23-5-6-24(27(15-23)41-2)22-17-33-34-18-22/h3-6,13-15,17-19H,7-12,16H2,1-2H3,(H,32,38)(H,33,34). The van der Waals surface area contributed by atoms with Gasteiger partial charge < -0.3 is 24.4 Å². The number of likely N-dealkylation sites (tertiary alicyclic amines) is 1. The maximum absolute atomic E-state index is 13.8. The normalized spacial score (nSPS) is 20.0. The Balaban J connectivity index is 1.07. The SMILES string of the molecule is COc1cc(N2CCC3(CCN(C(=O)c4ccc5cc6n(c5c4)C(C)CNC6=O)CC3)C2=O)ccc1-c1cn[nH]c1. The van der Waals surface area contributed by atoms with Gasteiger partial charge in [0.25, 0.3) is 11.8 Å². The van der Waals surface area contributed by atoms with Crippen LogP contribution >= 0.6 is 0 Å². The summed E-state index contributed by atoms with van der Waals surface area (Å²) in [4.78, 5) is 43.5. The van der Waals surface area contributed by atoms with Crippen molar-refractivity contribution < 1.29 is 19.1 Å². The Morgan fingerprint density at radius 1 is 1.05 bits per heavy atom. The molecule has 3 aliphatic heterocycles. The molecule has 2 saturated heterocycles. The number of methoxy groups -OCH3 is 1. The van der Waals surface area contributed by atoms with Gasteiger partial charge in [-0.05, 0) is 56.5 Å². The van der Waals surface area contributed by atoms with E-state index in [1.165, 1.54) is 0 Å².